The van der Waals surface area contributed by atoms with Gasteiger partial charge < -0.3 is 10.6 Å². The molecule has 10 heteroatoms. The average Bonchev–Trinajstić information content (AvgIpc) is 2.69. The summed E-state index contributed by atoms with van der Waals surface area (Å²) in [5, 5.41) is 0.385. The van der Waals surface area contributed by atoms with E-state index in [0.29, 0.717) is 45.3 Å². The van der Waals surface area contributed by atoms with Crippen LogP contribution in [0.1, 0.15) is 25.7 Å². The molecular formula is C18H23Cl2N3O4S. The maximum absolute atomic E-state index is 13.0. The van der Waals surface area contributed by atoms with Crippen molar-refractivity contribution in [2.75, 3.05) is 26.2 Å². The number of hydrogen-bond acceptors (Lipinski definition) is 4. The van der Waals surface area contributed by atoms with Crippen molar-refractivity contribution in [2.45, 2.75) is 30.6 Å². The molecule has 28 heavy (non-hydrogen) atoms. The first-order valence-corrected chi connectivity index (χ1v) is 11.4. The first-order chi connectivity index (χ1) is 13.2. The molecule has 2 fully saturated rings. The Morgan fingerprint density at radius 3 is 2.36 bits per heavy atom. The SMILES string of the molecule is NC(=O)C1CCN(C(=O)[C@H]2CCCN(S(=O)(=O)c3cc(Cl)ccc3Cl)C2)CC1. The Hall–Kier alpha value is -1.35. The second-order valence-electron chi connectivity index (χ2n) is 7.28. The minimum atomic E-state index is -3.85. The first kappa shape index (κ1) is 21.4. The third-order valence-corrected chi connectivity index (χ3v) is 8.04. The number of carbonyl (C=O) groups excluding carboxylic acids is 2. The fourth-order valence-electron chi connectivity index (χ4n) is 3.82. The van der Waals surface area contributed by atoms with Crippen LogP contribution in [0.15, 0.2) is 23.1 Å². The molecule has 2 heterocycles. The van der Waals surface area contributed by atoms with E-state index in [2.05, 4.69) is 0 Å². The summed E-state index contributed by atoms with van der Waals surface area (Å²) in [7, 11) is -3.85. The molecule has 2 saturated heterocycles. The number of nitrogens with two attached hydrogens (primary N) is 1. The number of amides is 2. The van der Waals surface area contributed by atoms with Gasteiger partial charge in [0.2, 0.25) is 21.8 Å². The molecule has 0 aromatic heterocycles. The Kier molecular flexibility index (Phi) is 6.54. The summed E-state index contributed by atoms with van der Waals surface area (Å²) in [5.41, 5.74) is 5.34. The molecule has 1 atom stereocenters. The van der Waals surface area contributed by atoms with Crippen molar-refractivity contribution in [3.63, 3.8) is 0 Å². The summed E-state index contributed by atoms with van der Waals surface area (Å²) in [4.78, 5) is 25.9. The lowest BCUT2D eigenvalue weighted by Gasteiger charge is -2.37. The van der Waals surface area contributed by atoms with Gasteiger partial charge in [-0.25, -0.2) is 8.42 Å². The quantitative estimate of drug-likeness (QED) is 0.763. The topological polar surface area (TPSA) is 101 Å². The highest BCUT2D eigenvalue weighted by Gasteiger charge is 2.37. The normalized spacial score (nSPS) is 22.2. The highest BCUT2D eigenvalue weighted by Crippen LogP contribution is 2.31. The van der Waals surface area contributed by atoms with Gasteiger partial charge in [-0.05, 0) is 43.9 Å². The molecule has 0 saturated carbocycles. The third kappa shape index (κ3) is 4.45. The number of sulfonamides is 1. The highest BCUT2D eigenvalue weighted by molar-refractivity contribution is 7.89. The lowest BCUT2D eigenvalue weighted by molar-refractivity contribution is -0.139. The minimum absolute atomic E-state index is 0.0444. The molecule has 0 aliphatic carbocycles. The van der Waals surface area contributed by atoms with Crippen LogP contribution in [0, 0.1) is 11.8 Å². The van der Waals surface area contributed by atoms with Crippen molar-refractivity contribution in [1.29, 1.82) is 0 Å². The van der Waals surface area contributed by atoms with E-state index < -0.39 is 15.9 Å². The molecule has 2 aliphatic heterocycles. The summed E-state index contributed by atoms with van der Waals surface area (Å²) in [6, 6.07) is 4.31. The van der Waals surface area contributed by atoms with E-state index >= 15 is 0 Å². The van der Waals surface area contributed by atoms with Crippen molar-refractivity contribution in [3.05, 3.63) is 28.2 Å². The zero-order valence-corrected chi connectivity index (χ0v) is 17.6. The number of benzene rings is 1. The largest absolute Gasteiger partial charge is 0.369 e. The van der Waals surface area contributed by atoms with Crippen molar-refractivity contribution < 1.29 is 18.0 Å². The van der Waals surface area contributed by atoms with E-state index in [1.165, 1.54) is 22.5 Å². The molecular weight excluding hydrogens is 425 g/mol. The summed E-state index contributed by atoms with van der Waals surface area (Å²) in [6.07, 6.45) is 2.32. The van der Waals surface area contributed by atoms with Crippen LogP contribution in [-0.2, 0) is 19.6 Å². The average molecular weight is 448 g/mol. The molecule has 7 nitrogen and oxygen atoms in total. The van der Waals surface area contributed by atoms with Crippen LogP contribution in [0.25, 0.3) is 0 Å². The fourth-order valence-corrected chi connectivity index (χ4v) is 6.08. The number of carbonyl (C=O) groups is 2. The summed E-state index contributed by atoms with van der Waals surface area (Å²) >= 11 is 12.0. The standard InChI is InChI=1S/C18H23Cl2N3O4S/c19-14-3-4-15(20)16(10-14)28(26,27)23-7-1-2-13(11-23)18(25)22-8-5-12(6-9-22)17(21)24/h3-4,10,12-13H,1-2,5-9,11H2,(H2,21,24)/t13-/m0/s1. The summed E-state index contributed by atoms with van der Waals surface area (Å²) in [5.74, 6) is -1.01. The van der Waals surface area contributed by atoms with E-state index in [0.717, 1.165) is 0 Å². The highest BCUT2D eigenvalue weighted by atomic mass is 35.5. The Morgan fingerprint density at radius 1 is 1.04 bits per heavy atom. The van der Waals surface area contributed by atoms with Crippen LogP contribution in [0.2, 0.25) is 10.0 Å². The van der Waals surface area contributed by atoms with Crippen molar-refractivity contribution >= 4 is 45.0 Å². The monoisotopic (exact) mass is 447 g/mol. The summed E-state index contributed by atoms with van der Waals surface area (Å²) in [6.45, 7) is 1.38. The lowest BCUT2D eigenvalue weighted by Crippen LogP contribution is -2.49. The Balaban J connectivity index is 1.71. The number of primary amides is 1. The number of rotatable bonds is 4. The molecule has 1 aromatic rings. The molecule has 0 spiro atoms. The van der Waals surface area contributed by atoms with Crippen molar-refractivity contribution in [3.8, 4) is 0 Å². The van der Waals surface area contributed by atoms with Crippen LogP contribution in [0.3, 0.4) is 0 Å². The molecule has 0 radical (unpaired) electrons. The van der Waals surface area contributed by atoms with Gasteiger partial charge in [0.05, 0.1) is 10.9 Å². The number of likely N-dealkylation sites (tertiary alicyclic amines) is 1. The summed E-state index contributed by atoms with van der Waals surface area (Å²) < 4.78 is 27.4. The van der Waals surface area contributed by atoms with Gasteiger partial charge >= 0.3 is 0 Å². The van der Waals surface area contributed by atoms with E-state index in [-0.39, 0.29) is 39.2 Å². The van der Waals surface area contributed by atoms with Gasteiger partial charge in [-0.1, -0.05) is 23.2 Å². The van der Waals surface area contributed by atoms with Crippen LogP contribution in [0.5, 0.6) is 0 Å². The van der Waals surface area contributed by atoms with Crippen molar-refractivity contribution in [1.82, 2.24) is 9.21 Å². The second kappa shape index (κ2) is 8.57. The van der Waals surface area contributed by atoms with Crippen LogP contribution >= 0.6 is 23.2 Å². The van der Waals surface area contributed by atoms with Gasteiger partial charge in [-0.2, -0.15) is 4.31 Å². The molecule has 0 bridgehead atoms. The predicted octanol–water partition coefficient (Wildman–Crippen LogP) is 2.12. The molecule has 1 aromatic carbocycles. The molecule has 0 unspecified atom stereocenters. The predicted molar refractivity (Wildman–Crippen MR) is 106 cm³/mol. The Labute approximate surface area is 174 Å². The molecule has 3 rings (SSSR count). The van der Waals surface area contributed by atoms with Gasteiger partial charge in [0.15, 0.2) is 0 Å². The number of piperidine rings is 2. The molecule has 2 amide bonds. The fraction of sp³-hybridized carbons (Fsp3) is 0.556. The Bertz CT molecular complexity index is 870. The second-order valence-corrected chi connectivity index (χ2v) is 10.0. The zero-order valence-electron chi connectivity index (χ0n) is 15.3. The van der Waals surface area contributed by atoms with Gasteiger partial charge in [-0.3, -0.25) is 9.59 Å². The molecule has 2 N–H and O–H groups in total. The van der Waals surface area contributed by atoms with E-state index in [1.54, 1.807) is 4.90 Å². The van der Waals surface area contributed by atoms with Gasteiger partial charge in [0.1, 0.15) is 4.90 Å². The zero-order chi connectivity index (χ0) is 20.5. The van der Waals surface area contributed by atoms with Gasteiger partial charge in [-0.15, -0.1) is 0 Å². The molecule has 154 valence electrons. The van der Waals surface area contributed by atoms with Crippen LogP contribution < -0.4 is 5.73 Å². The van der Waals surface area contributed by atoms with Crippen molar-refractivity contribution in [2.24, 2.45) is 17.6 Å². The minimum Gasteiger partial charge on any atom is -0.369 e. The smallest absolute Gasteiger partial charge is 0.244 e. The van der Waals surface area contributed by atoms with Gasteiger partial charge in [0, 0.05) is 37.1 Å². The maximum atomic E-state index is 13.0. The van der Waals surface area contributed by atoms with E-state index in [4.69, 9.17) is 28.9 Å². The number of hydrogen-bond donors (Lipinski definition) is 1. The maximum Gasteiger partial charge on any atom is 0.244 e. The third-order valence-electron chi connectivity index (χ3n) is 5.45. The lowest BCUT2D eigenvalue weighted by atomic mass is 9.93. The first-order valence-electron chi connectivity index (χ1n) is 9.23. The van der Waals surface area contributed by atoms with Gasteiger partial charge in [0.25, 0.3) is 0 Å². The molecule has 2 aliphatic rings. The van der Waals surface area contributed by atoms with Crippen LogP contribution in [0.4, 0.5) is 0 Å². The Morgan fingerprint density at radius 2 is 1.71 bits per heavy atom. The van der Waals surface area contributed by atoms with E-state index in [1.807, 2.05) is 0 Å². The number of nitrogens with zero attached hydrogens (tertiary/aromatic N) is 2. The van der Waals surface area contributed by atoms with E-state index in [9.17, 15) is 18.0 Å². The van der Waals surface area contributed by atoms with Crippen LogP contribution in [-0.4, -0.2) is 55.6 Å². The number of halogens is 2.